The molecule has 0 radical (unpaired) electrons. The minimum absolute atomic E-state index is 0.0460. The van der Waals surface area contributed by atoms with Crippen molar-refractivity contribution in [3.63, 3.8) is 0 Å². The molecule has 4 aliphatic rings. The topological polar surface area (TPSA) is 175 Å². The maximum Gasteiger partial charge on any atom is 0.346 e. The van der Waals surface area contributed by atoms with Crippen LogP contribution in [0.5, 0.6) is 0 Å². The van der Waals surface area contributed by atoms with Crippen LogP contribution in [-0.2, 0) is 14.3 Å². The number of hydrogen-bond acceptors (Lipinski definition) is 10. The van der Waals surface area contributed by atoms with Crippen LogP contribution >= 0.6 is 0 Å². The van der Waals surface area contributed by atoms with Crippen LogP contribution in [0.15, 0.2) is 4.99 Å². The van der Waals surface area contributed by atoms with Gasteiger partial charge in [0.1, 0.15) is 6.54 Å². The average molecular weight is 381 g/mol. The summed E-state index contributed by atoms with van der Waals surface area (Å²) in [6.07, 6.45) is 1.01. The Morgan fingerprint density at radius 3 is 2.56 bits per heavy atom. The van der Waals surface area contributed by atoms with Crippen molar-refractivity contribution in [3.8, 4) is 0 Å². The molecule has 27 heavy (non-hydrogen) atoms. The van der Waals surface area contributed by atoms with Crippen molar-refractivity contribution >= 4 is 23.7 Å². The average Bonchev–Trinajstić information content (AvgIpc) is 3.01. The second kappa shape index (κ2) is 5.32. The van der Waals surface area contributed by atoms with E-state index in [1.165, 1.54) is 11.5 Å². The van der Waals surface area contributed by atoms with Crippen LogP contribution < -0.4 is 22.1 Å². The molecule has 11 heteroatoms. The van der Waals surface area contributed by atoms with Gasteiger partial charge in [-0.25, -0.2) is 9.57 Å². The second-order valence-electron chi connectivity index (χ2n) is 8.11. The summed E-state index contributed by atoms with van der Waals surface area (Å²) < 4.78 is 6.93. The molecule has 148 valence electrons. The highest BCUT2D eigenvalue weighted by molar-refractivity contribution is 5.91. The molecule has 4 rings (SSSR count). The first-order valence-electron chi connectivity index (χ1n) is 8.97. The molecular weight excluding hydrogens is 356 g/mol. The third-order valence-corrected chi connectivity index (χ3v) is 6.36. The summed E-state index contributed by atoms with van der Waals surface area (Å²) in [5.74, 6) is -3.37. The molecule has 8 N–H and O–H groups in total. The Labute approximate surface area is 155 Å². The lowest BCUT2D eigenvalue weighted by Crippen LogP contribution is -2.79. The van der Waals surface area contributed by atoms with E-state index in [4.69, 9.17) is 16.2 Å². The fraction of sp³-hybridized carbons (Fsp3) is 0.750. The fourth-order valence-electron chi connectivity index (χ4n) is 4.51. The van der Waals surface area contributed by atoms with Crippen molar-refractivity contribution < 1.29 is 29.1 Å². The van der Waals surface area contributed by atoms with E-state index < -0.39 is 41.0 Å². The normalized spacial score (nSPS) is 37.9. The van der Waals surface area contributed by atoms with E-state index in [0.29, 0.717) is 12.8 Å². The SMILES string of the molecule is CC(=O)C1NC(N)=[N+]2C[C@H](OC(=O)C3(C)CCC3)C(O)(O)[C@@]23NC(N)=N[C@@H]13. The molecule has 1 unspecified atom stereocenters. The summed E-state index contributed by atoms with van der Waals surface area (Å²) in [4.78, 5) is 28.8. The van der Waals surface area contributed by atoms with Crippen molar-refractivity contribution in [2.75, 3.05) is 6.54 Å². The molecular formula is C16H25N6O5+. The number of aliphatic imine (C=N–C) groups is 1. The Morgan fingerprint density at radius 2 is 2.00 bits per heavy atom. The molecule has 0 aromatic carbocycles. The van der Waals surface area contributed by atoms with E-state index in [-0.39, 0.29) is 24.2 Å². The van der Waals surface area contributed by atoms with Crippen LogP contribution in [0.3, 0.4) is 0 Å². The summed E-state index contributed by atoms with van der Waals surface area (Å²) >= 11 is 0. The van der Waals surface area contributed by atoms with E-state index in [9.17, 15) is 19.8 Å². The molecule has 11 nitrogen and oxygen atoms in total. The number of hydrogen-bond donors (Lipinski definition) is 6. The lowest BCUT2D eigenvalue weighted by atomic mass is 9.70. The molecule has 1 aliphatic carbocycles. The van der Waals surface area contributed by atoms with E-state index in [0.717, 1.165) is 6.42 Å². The highest BCUT2D eigenvalue weighted by Gasteiger charge is 2.76. The smallest absolute Gasteiger partial charge is 0.346 e. The van der Waals surface area contributed by atoms with Crippen LogP contribution in [0.1, 0.15) is 33.1 Å². The molecule has 2 fully saturated rings. The van der Waals surface area contributed by atoms with E-state index in [1.54, 1.807) is 6.92 Å². The van der Waals surface area contributed by atoms with E-state index in [2.05, 4.69) is 15.6 Å². The fourth-order valence-corrected chi connectivity index (χ4v) is 4.51. The minimum atomic E-state index is -2.58. The highest BCUT2D eigenvalue weighted by Crippen LogP contribution is 2.45. The number of aliphatic hydroxyl groups is 2. The quantitative estimate of drug-likeness (QED) is 0.166. The number of nitrogens with one attached hydrogen (secondary N) is 2. The van der Waals surface area contributed by atoms with Crippen LogP contribution in [-0.4, -0.2) is 74.6 Å². The first-order chi connectivity index (χ1) is 12.5. The van der Waals surface area contributed by atoms with Crippen LogP contribution in [0.25, 0.3) is 0 Å². The second-order valence-corrected chi connectivity index (χ2v) is 8.11. The van der Waals surface area contributed by atoms with Crippen LogP contribution in [0.2, 0.25) is 0 Å². The molecule has 3 aliphatic heterocycles. The van der Waals surface area contributed by atoms with Crippen molar-refractivity contribution in [1.29, 1.82) is 0 Å². The number of guanidine groups is 2. The number of rotatable bonds is 3. The van der Waals surface area contributed by atoms with Crippen molar-refractivity contribution in [3.05, 3.63) is 0 Å². The lowest BCUT2D eigenvalue weighted by molar-refractivity contribution is -0.622. The van der Waals surface area contributed by atoms with Gasteiger partial charge in [-0.05, 0) is 26.7 Å². The molecule has 1 spiro atoms. The summed E-state index contributed by atoms with van der Waals surface area (Å²) in [6, 6.07) is -1.88. The van der Waals surface area contributed by atoms with Gasteiger partial charge in [0.25, 0.3) is 5.79 Å². The zero-order valence-electron chi connectivity index (χ0n) is 15.2. The molecule has 3 heterocycles. The highest BCUT2D eigenvalue weighted by atomic mass is 16.6. The number of carbonyl (C=O) groups is 2. The summed E-state index contributed by atoms with van der Waals surface area (Å²) in [6.45, 7) is 3.05. The monoisotopic (exact) mass is 381 g/mol. The zero-order chi connectivity index (χ0) is 19.8. The first kappa shape index (κ1) is 18.0. The van der Waals surface area contributed by atoms with Gasteiger partial charge < -0.3 is 26.0 Å². The molecule has 0 aromatic rings. The van der Waals surface area contributed by atoms with Crippen molar-refractivity contribution in [1.82, 2.24) is 10.6 Å². The number of ketones is 1. The molecule has 0 bridgehead atoms. The predicted molar refractivity (Wildman–Crippen MR) is 92.2 cm³/mol. The van der Waals surface area contributed by atoms with E-state index in [1.807, 2.05) is 0 Å². The van der Waals surface area contributed by atoms with Crippen LogP contribution in [0, 0.1) is 5.41 Å². The number of nitrogens with zero attached hydrogens (tertiary/aromatic N) is 2. The first-order valence-corrected chi connectivity index (χ1v) is 8.97. The van der Waals surface area contributed by atoms with Gasteiger partial charge in [-0.3, -0.25) is 20.6 Å². The van der Waals surface area contributed by atoms with Gasteiger partial charge in [0.05, 0.1) is 5.41 Å². The van der Waals surface area contributed by atoms with Crippen molar-refractivity contribution in [2.24, 2.45) is 21.9 Å². The molecule has 1 saturated carbocycles. The Balaban J connectivity index is 1.73. The third-order valence-electron chi connectivity index (χ3n) is 6.36. The molecule has 4 atom stereocenters. The van der Waals surface area contributed by atoms with Gasteiger partial charge in [0.15, 0.2) is 29.9 Å². The predicted octanol–water partition coefficient (Wildman–Crippen LogP) is -3.35. The van der Waals surface area contributed by atoms with Gasteiger partial charge in [0.2, 0.25) is 5.66 Å². The summed E-state index contributed by atoms with van der Waals surface area (Å²) in [5, 5.41) is 27.8. The van der Waals surface area contributed by atoms with Crippen molar-refractivity contribution in [2.45, 2.75) is 62.7 Å². The van der Waals surface area contributed by atoms with Gasteiger partial charge in [0, 0.05) is 0 Å². The van der Waals surface area contributed by atoms with Gasteiger partial charge >= 0.3 is 11.9 Å². The Hall–Kier alpha value is -2.40. The maximum atomic E-state index is 12.6. The molecule has 0 amide bonds. The van der Waals surface area contributed by atoms with Gasteiger partial charge in [-0.2, -0.15) is 0 Å². The molecule has 1 saturated heterocycles. The summed E-state index contributed by atoms with van der Waals surface area (Å²) in [7, 11) is 0. The van der Waals surface area contributed by atoms with Gasteiger partial charge in [-0.15, -0.1) is 0 Å². The van der Waals surface area contributed by atoms with Gasteiger partial charge in [-0.1, -0.05) is 6.42 Å². The van der Waals surface area contributed by atoms with E-state index >= 15 is 0 Å². The Bertz CT molecular complexity index is 788. The number of nitrogens with two attached hydrogens (primary N) is 2. The zero-order valence-corrected chi connectivity index (χ0v) is 15.2. The standard InChI is InChI=1S/C16H24N6O5/c1-7(23)9-10-15(21-12(17)20-10)16(25,26)8(6-22(15)13(18)19-9)27-11(24)14(2)4-3-5-14/h8-10,25-26H,3-6H2,1-2H3,(H5,17,18,19,20,21)/p+1/t8-,9?,10-,15-/m0/s1. The number of carbonyl (C=O) groups excluding carboxylic acids is 2. The Morgan fingerprint density at radius 1 is 1.33 bits per heavy atom. The number of Topliss-reactive ketones (excluding diaryl/α,β-unsaturated/α-hetero) is 1. The number of esters is 1. The minimum Gasteiger partial charge on any atom is -0.453 e. The third kappa shape index (κ3) is 2.15. The number of ether oxygens (including phenoxy) is 1. The Kier molecular flexibility index (Phi) is 3.54. The van der Waals surface area contributed by atoms with Crippen LogP contribution in [0.4, 0.5) is 0 Å². The molecule has 0 aromatic heterocycles. The summed E-state index contributed by atoms with van der Waals surface area (Å²) in [5.41, 5.74) is 9.55. The lowest BCUT2D eigenvalue weighted by Gasteiger charge is -2.43. The maximum absolute atomic E-state index is 12.6. The largest absolute Gasteiger partial charge is 0.453 e.